The van der Waals surface area contributed by atoms with Gasteiger partial charge < -0.3 is 10.2 Å². The van der Waals surface area contributed by atoms with Gasteiger partial charge in [-0.1, -0.05) is 24.6 Å². The molecule has 0 aromatic rings. The summed E-state index contributed by atoms with van der Waals surface area (Å²) in [5.74, 6) is 0.742. The van der Waals surface area contributed by atoms with Crippen LogP contribution in [0.5, 0.6) is 0 Å². The van der Waals surface area contributed by atoms with Gasteiger partial charge in [-0.15, -0.1) is 6.58 Å². The first-order valence-corrected chi connectivity index (χ1v) is 6.26. The maximum Gasteiger partial charge on any atom is 0.0770 e. The van der Waals surface area contributed by atoms with Crippen LogP contribution in [0, 0.1) is 17.8 Å². The number of hydrogen-bond acceptors (Lipinski definition) is 2. The quantitative estimate of drug-likeness (QED) is 0.699. The standard InChI is InChI=1S/C14H20O2/c1-3-4-14(16)9(2)5-10-7-13(15)8-11(14)6-12(10)13/h3,5,9,11-12,15-16H,1,4,6-8H2,2H3. The first kappa shape index (κ1) is 10.5. The Labute approximate surface area is 96.7 Å². The summed E-state index contributed by atoms with van der Waals surface area (Å²) in [5.41, 5.74) is 0.191. The van der Waals surface area contributed by atoms with Crippen molar-refractivity contribution in [3.8, 4) is 0 Å². The average molecular weight is 220 g/mol. The molecule has 2 nitrogen and oxygen atoms in total. The smallest absolute Gasteiger partial charge is 0.0770 e. The Morgan fingerprint density at radius 1 is 1.56 bits per heavy atom. The zero-order valence-electron chi connectivity index (χ0n) is 9.82. The highest BCUT2D eigenvalue weighted by Crippen LogP contribution is 2.62. The predicted octanol–water partition coefficient (Wildman–Crippen LogP) is 2.03. The van der Waals surface area contributed by atoms with E-state index in [1.165, 1.54) is 5.57 Å². The highest BCUT2D eigenvalue weighted by Gasteiger charge is 2.61. The van der Waals surface area contributed by atoms with Crippen LogP contribution in [0.1, 0.15) is 32.6 Å². The van der Waals surface area contributed by atoms with Gasteiger partial charge in [-0.05, 0) is 31.6 Å². The van der Waals surface area contributed by atoms with Crippen LogP contribution in [0.15, 0.2) is 24.3 Å². The van der Waals surface area contributed by atoms with Gasteiger partial charge in [0.25, 0.3) is 0 Å². The molecule has 2 fully saturated rings. The fourth-order valence-electron chi connectivity index (χ4n) is 4.17. The summed E-state index contributed by atoms with van der Waals surface area (Å²) >= 11 is 0. The van der Waals surface area contributed by atoms with E-state index >= 15 is 0 Å². The molecule has 2 N–H and O–H groups in total. The molecule has 0 spiro atoms. The van der Waals surface area contributed by atoms with E-state index in [1.807, 2.05) is 6.08 Å². The van der Waals surface area contributed by atoms with Crippen LogP contribution in [-0.2, 0) is 0 Å². The van der Waals surface area contributed by atoms with E-state index in [9.17, 15) is 10.2 Å². The zero-order valence-corrected chi connectivity index (χ0v) is 9.82. The van der Waals surface area contributed by atoms with Gasteiger partial charge in [0.15, 0.2) is 0 Å². The summed E-state index contributed by atoms with van der Waals surface area (Å²) in [4.78, 5) is 0. The summed E-state index contributed by atoms with van der Waals surface area (Å²) in [6.45, 7) is 5.84. The number of rotatable bonds is 2. The molecule has 0 saturated heterocycles. The third-order valence-corrected chi connectivity index (χ3v) is 5.16. The van der Waals surface area contributed by atoms with Crippen molar-refractivity contribution in [2.45, 2.75) is 43.8 Å². The Morgan fingerprint density at radius 3 is 3.00 bits per heavy atom. The third kappa shape index (κ3) is 1.09. The molecule has 0 radical (unpaired) electrons. The highest BCUT2D eigenvalue weighted by atomic mass is 16.3. The molecule has 3 rings (SSSR count). The molecule has 3 aliphatic rings. The second kappa shape index (κ2) is 2.99. The van der Waals surface area contributed by atoms with Crippen LogP contribution in [-0.4, -0.2) is 21.4 Å². The molecule has 2 saturated carbocycles. The van der Waals surface area contributed by atoms with E-state index in [1.54, 1.807) is 0 Å². The minimum atomic E-state index is -0.688. The van der Waals surface area contributed by atoms with Crippen molar-refractivity contribution in [1.82, 2.24) is 0 Å². The Morgan fingerprint density at radius 2 is 2.31 bits per heavy atom. The van der Waals surface area contributed by atoms with Crippen molar-refractivity contribution in [3.63, 3.8) is 0 Å². The first-order chi connectivity index (χ1) is 7.49. The van der Waals surface area contributed by atoms with Crippen molar-refractivity contribution in [2.75, 3.05) is 0 Å². The van der Waals surface area contributed by atoms with Crippen molar-refractivity contribution >= 4 is 0 Å². The van der Waals surface area contributed by atoms with Crippen LogP contribution >= 0.6 is 0 Å². The molecule has 2 bridgehead atoms. The Hall–Kier alpha value is -0.600. The van der Waals surface area contributed by atoms with E-state index in [0.29, 0.717) is 12.3 Å². The fourth-order valence-corrected chi connectivity index (χ4v) is 4.17. The molecule has 5 atom stereocenters. The molecule has 16 heavy (non-hydrogen) atoms. The molecule has 0 aromatic heterocycles. The lowest BCUT2D eigenvalue weighted by atomic mass is 9.64. The summed E-state index contributed by atoms with van der Waals surface area (Å²) in [5, 5.41) is 21.2. The van der Waals surface area contributed by atoms with Gasteiger partial charge in [0.05, 0.1) is 11.2 Å². The Balaban J connectivity index is 2.01. The monoisotopic (exact) mass is 220 g/mol. The van der Waals surface area contributed by atoms with Gasteiger partial charge in [-0.25, -0.2) is 0 Å². The van der Waals surface area contributed by atoms with Gasteiger partial charge in [-0.3, -0.25) is 0 Å². The molecule has 88 valence electrons. The summed E-state index contributed by atoms with van der Waals surface area (Å²) in [7, 11) is 0. The number of aliphatic hydroxyl groups is 2. The summed E-state index contributed by atoms with van der Waals surface area (Å²) in [6.07, 6.45) is 7.19. The van der Waals surface area contributed by atoms with E-state index in [2.05, 4.69) is 19.6 Å². The molecular formula is C14H20O2. The molecule has 0 aromatic carbocycles. The lowest BCUT2D eigenvalue weighted by molar-refractivity contribution is -0.0725. The molecule has 0 amide bonds. The second-order valence-electron chi connectivity index (χ2n) is 5.98. The van der Waals surface area contributed by atoms with Gasteiger partial charge in [-0.2, -0.15) is 0 Å². The van der Waals surface area contributed by atoms with Crippen molar-refractivity contribution < 1.29 is 10.2 Å². The third-order valence-electron chi connectivity index (χ3n) is 5.16. The van der Waals surface area contributed by atoms with E-state index in [0.717, 1.165) is 19.3 Å². The van der Waals surface area contributed by atoms with Gasteiger partial charge in [0.2, 0.25) is 0 Å². The topological polar surface area (TPSA) is 40.5 Å². The van der Waals surface area contributed by atoms with Crippen molar-refractivity contribution in [1.29, 1.82) is 0 Å². The lowest BCUT2D eigenvalue weighted by Crippen LogP contribution is -2.48. The van der Waals surface area contributed by atoms with E-state index in [4.69, 9.17) is 0 Å². The van der Waals surface area contributed by atoms with E-state index in [-0.39, 0.29) is 11.8 Å². The number of hydrogen-bond donors (Lipinski definition) is 2. The average Bonchev–Trinajstić information content (AvgIpc) is 2.44. The van der Waals surface area contributed by atoms with Crippen LogP contribution in [0.2, 0.25) is 0 Å². The van der Waals surface area contributed by atoms with E-state index < -0.39 is 11.2 Å². The van der Waals surface area contributed by atoms with Gasteiger partial charge >= 0.3 is 0 Å². The fraction of sp³-hybridized carbons (Fsp3) is 0.714. The lowest BCUT2D eigenvalue weighted by Gasteiger charge is -2.46. The van der Waals surface area contributed by atoms with Crippen LogP contribution in [0.4, 0.5) is 0 Å². The van der Waals surface area contributed by atoms with Gasteiger partial charge in [0.1, 0.15) is 0 Å². The molecule has 5 unspecified atom stereocenters. The second-order valence-corrected chi connectivity index (χ2v) is 5.98. The molecular weight excluding hydrogens is 200 g/mol. The SMILES string of the molecule is C=CCC1(O)C(C)C=C2CC3(O)CC1CC23. The highest BCUT2D eigenvalue weighted by molar-refractivity contribution is 5.34. The summed E-state index contributed by atoms with van der Waals surface area (Å²) < 4.78 is 0. The maximum absolute atomic E-state index is 10.8. The molecule has 3 aliphatic carbocycles. The Bertz CT molecular complexity index is 373. The summed E-state index contributed by atoms with van der Waals surface area (Å²) in [6, 6.07) is 0. The predicted molar refractivity (Wildman–Crippen MR) is 62.8 cm³/mol. The van der Waals surface area contributed by atoms with Crippen LogP contribution < -0.4 is 0 Å². The minimum absolute atomic E-state index is 0.181. The zero-order chi connectivity index (χ0) is 11.6. The van der Waals surface area contributed by atoms with Crippen molar-refractivity contribution in [2.24, 2.45) is 17.8 Å². The molecule has 0 heterocycles. The van der Waals surface area contributed by atoms with Gasteiger partial charge in [0, 0.05) is 11.8 Å². The first-order valence-electron chi connectivity index (χ1n) is 6.26. The number of fused-ring (bicyclic) bond motifs is 1. The minimum Gasteiger partial charge on any atom is -0.389 e. The van der Waals surface area contributed by atoms with Crippen molar-refractivity contribution in [3.05, 3.63) is 24.3 Å². The Kier molecular flexibility index (Phi) is 1.97. The van der Waals surface area contributed by atoms with Crippen LogP contribution in [0.25, 0.3) is 0 Å². The van der Waals surface area contributed by atoms with Crippen LogP contribution in [0.3, 0.4) is 0 Å². The largest absolute Gasteiger partial charge is 0.389 e. The normalized spacial score (nSPS) is 53.9. The molecule has 2 heteroatoms. The maximum atomic E-state index is 10.8. The molecule has 0 aliphatic heterocycles.